The van der Waals surface area contributed by atoms with Crippen LogP contribution in [0, 0.1) is 5.82 Å². The van der Waals surface area contributed by atoms with Crippen molar-refractivity contribution in [2.75, 3.05) is 0 Å². The van der Waals surface area contributed by atoms with Gasteiger partial charge in [-0.25, -0.2) is 4.39 Å². The van der Waals surface area contributed by atoms with E-state index in [9.17, 15) is 9.50 Å². The summed E-state index contributed by atoms with van der Waals surface area (Å²) in [5, 5.41) is 14.4. The SMILES string of the molecule is Cn1ncc(Cl)c1C(O)c1c(F)cccc1Br. The van der Waals surface area contributed by atoms with E-state index in [1.807, 2.05) is 0 Å². The molecule has 2 aromatic rings. The van der Waals surface area contributed by atoms with Crippen molar-refractivity contribution in [3.05, 3.63) is 51.0 Å². The number of aromatic nitrogens is 2. The highest BCUT2D eigenvalue weighted by Crippen LogP contribution is 2.33. The molecule has 1 aromatic carbocycles. The molecule has 0 aliphatic rings. The summed E-state index contributed by atoms with van der Waals surface area (Å²) in [6.45, 7) is 0. The van der Waals surface area contributed by atoms with E-state index in [0.717, 1.165) is 0 Å². The van der Waals surface area contributed by atoms with E-state index >= 15 is 0 Å². The largest absolute Gasteiger partial charge is 0.382 e. The third-order valence-corrected chi connectivity index (χ3v) is 3.45. The molecule has 0 bridgehead atoms. The van der Waals surface area contributed by atoms with Gasteiger partial charge in [0.05, 0.1) is 16.9 Å². The maximum absolute atomic E-state index is 13.7. The normalized spacial score (nSPS) is 12.8. The first-order valence-corrected chi connectivity index (χ1v) is 5.99. The predicted octanol–water partition coefficient (Wildman–Crippen LogP) is 3.06. The molecule has 3 nitrogen and oxygen atoms in total. The Hall–Kier alpha value is -0.910. The van der Waals surface area contributed by atoms with Crippen molar-refractivity contribution in [2.45, 2.75) is 6.10 Å². The average Bonchev–Trinajstić information content (AvgIpc) is 2.58. The summed E-state index contributed by atoms with van der Waals surface area (Å²) >= 11 is 9.12. The molecule has 1 aromatic heterocycles. The zero-order valence-electron chi connectivity index (χ0n) is 8.86. The Labute approximate surface area is 111 Å². The van der Waals surface area contributed by atoms with Gasteiger partial charge in [-0.3, -0.25) is 4.68 Å². The molecule has 1 unspecified atom stereocenters. The topological polar surface area (TPSA) is 38.0 Å². The highest BCUT2D eigenvalue weighted by molar-refractivity contribution is 9.10. The second-order valence-corrected chi connectivity index (χ2v) is 4.80. The summed E-state index contributed by atoms with van der Waals surface area (Å²) in [4.78, 5) is 0. The Balaban J connectivity index is 2.55. The molecular formula is C11H9BrClFN2O. The van der Waals surface area contributed by atoms with Crippen molar-refractivity contribution in [3.8, 4) is 0 Å². The summed E-state index contributed by atoms with van der Waals surface area (Å²) < 4.78 is 15.6. The lowest BCUT2D eigenvalue weighted by Crippen LogP contribution is -2.09. The summed E-state index contributed by atoms with van der Waals surface area (Å²) in [6, 6.07) is 4.50. The Bertz CT molecular complexity index is 519. The second kappa shape index (κ2) is 4.76. The molecule has 0 aliphatic heterocycles. The first kappa shape index (κ1) is 12.5. The number of nitrogens with zero attached hydrogens (tertiary/aromatic N) is 2. The van der Waals surface area contributed by atoms with Crippen molar-refractivity contribution in [1.29, 1.82) is 0 Å². The van der Waals surface area contributed by atoms with E-state index < -0.39 is 11.9 Å². The summed E-state index contributed by atoms with van der Waals surface area (Å²) in [5.41, 5.74) is 0.510. The minimum atomic E-state index is -1.16. The van der Waals surface area contributed by atoms with Gasteiger partial charge in [0.15, 0.2) is 0 Å². The van der Waals surface area contributed by atoms with Gasteiger partial charge in [-0.15, -0.1) is 0 Å². The van der Waals surface area contributed by atoms with Gasteiger partial charge < -0.3 is 5.11 Å². The summed E-state index contributed by atoms with van der Waals surface area (Å²) in [5.74, 6) is -0.496. The minimum Gasteiger partial charge on any atom is -0.382 e. The second-order valence-electron chi connectivity index (χ2n) is 3.54. The van der Waals surface area contributed by atoms with E-state index in [4.69, 9.17) is 11.6 Å². The first-order valence-electron chi connectivity index (χ1n) is 4.81. The highest BCUT2D eigenvalue weighted by Gasteiger charge is 2.23. The van der Waals surface area contributed by atoms with Gasteiger partial charge in [0.1, 0.15) is 11.9 Å². The number of aryl methyl sites for hydroxylation is 1. The molecule has 2 rings (SSSR count). The van der Waals surface area contributed by atoms with Crippen LogP contribution in [0.3, 0.4) is 0 Å². The molecule has 90 valence electrons. The zero-order valence-corrected chi connectivity index (χ0v) is 11.2. The Morgan fingerprint density at radius 3 is 2.76 bits per heavy atom. The minimum absolute atomic E-state index is 0.151. The van der Waals surface area contributed by atoms with Crippen LogP contribution < -0.4 is 0 Å². The molecule has 0 saturated heterocycles. The molecule has 1 heterocycles. The van der Waals surface area contributed by atoms with Crippen LogP contribution in [0.4, 0.5) is 4.39 Å². The fourth-order valence-corrected chi connectivity index (χ4v) is 2.46. The van der Waals surface area contributed by atoms with Gasteiger partial charge in [0, 0.05) is 17.1 Å². The molecule has 0 amide bonds. The number of rotatable bonds is 2. The van der Waals surface area contributed by atoms with Crippen LogP contribution in [0.5, 0.6) is 0 Å². The van der Waals surface area contributed by atoms with Gasteiger partial charge in [0.2, 0.25) is 0 Å². The van der Waals surface area contributed by atoms with Crippen molar-refractivity contribution >= 4 is 27.5 Å². The molecule has 0 saturated carbocycles. The van der Waals surface area contributed by atoms with Gasteiger partial charge >= 0.3 is 0 Å². The molecule has 17 heavy (non-hydrogen) atoms. The quantitative estimate of drug-likeness (QED) is 0.924. The molecule has 1 N–H and O–H groups in total. The van der Waals surface area contributed by atoms with E-state index in [2.05, 4.69) is 21.0 Å². The highest BCUT2D eigenvalue weighted by atomic mass is 79.9. The third kappa shape index (κ3) is 2.22. The van der Waals surface area contributed by atoms with Crippen molar-refractivity contribution in [2.24, 2.45) is 7.05 Å². The fourth-order valence-electron chi connectivity index (χ4n) is 1.64. The lowest BCUT2D eigenvalue weighted by atomic mass is 10.1. The van der Waals surface area contributed by atoms with Gasteiger partial charge in [-0.05, 0) is 12.1 Å². The standard InChI is InChI=1S/C11H9BrClFN2O/c1-16-10(7(13)5-15-16)11(17)9-6(12)3-2-4-8(9)14/h2-5,11,17H,1H3. The number of hydrogen-bond acceptors (Lipinski definition) is 2. The molecule has 0 spiro atoms. The van der Waals surface area contributed by atoms with Crippen LogP contribution in [0.25, 0.3) is 0 Å². The van der Waals surface area contributed by atoms with E-state index in [0.29, 0.717) is 15.2 Å². The van der Waals surface area contributed by atoms with Crippen LogP contribution in [-0.4, -0.2) is 14.9 Å². The Kier molecular flexibility index (Phi) is 3.51. The molecule has 6 heteroatoms. The number of benzene rings is 1. The summed E-state index contributed by atoms with van der Waals surface area (Å²) in [7, 11) is 1.64. The number of hydrogen-bond donors (Lipinski definition) is 1. The number of aliphatic hydroxyl groups excluding tert-OH is 1. The van der Waals surface area contributed by atoms with Crippen molar-refractivity contribution in [1.82, 2.24) is 9.78 Å². The third-order valence-electron chi connectivity index (χ3n) is 2.47. The Morgan fingerprint density at radius 2 is 2.24 bits per heavy atom. The van der Waals surface area contributed by atoms with Crippen LogP contribution in [0.15, 0.2) is 28.9 Å². The smallest absolute Gasteiger partial charge is 0.130 e. The van der Waals surface area contributed by atoms with Crippen LogP contribution >= 0.6 is 27.5 Å². The van der Waals surface area contributed by atoms with E-state index in [1.165, 1.54) is 16.9 Å². The predicted molar refractivity (Wildman–Crippen MR) is 66.4 cm³/mol. The molecule has 1 atom stereocenters. The van der Waals surface area contributed by atoms with Crippen LogP contribution in [0.1, 0.15) is 17.4 Å². The van der Waals surface area contributed by atoms with Crippen LogP contribution in [0.2, 0.25) is 5.02 Å². The lowest BCUT2D eigenvalue weighted by molar-refractivity contribution is 0.204. The van der Waals surface area contributed by atoms with Gasteiger partial charge in [-0.2, -0.15) is 5.10 Å². The molecule has 0 aliphatic carbocycles. The molecule has 0 fully saturated rings. The number of aliphatic hydroxyl groups is 1. The van der Waals surface area contributed by atoms with E-state index in [1.54, 1.807) is 19.2 Å². The molecular weight excluding hydrogens is 310 g/mol. The molecule has 0 radical (unpaired) electrons. The summed E-state index contributed by atoms with van der Waals surface area (Å²) in [6.07, 6.45) is 0.250. The zero-order chi connectivity index (χ0) is 12.6. The van der Waals surface area contributed by atoms with Gasteiger partial charge in [0.25, 0.3) is 0 Å². The monoisotopic (exact) mass is 318 g/mol. The maximum Gasteiger partial charge on any atom is 0.130 e. The van der Waals surface area contributed by atoms with Crippen LogP contribution in [-0.2, 0) is 7.05 Å². The van der Waals surface area contributed by atoms with Gasteiger partial charge in [-0.1, -0.05) is 33.6 Å². The van der Waals surface area contributed by atoms with Crippen molar-refractivity contribution in [3.63, 3.8) is 0 Å². The lowest BCUT2D eigenvalue weighted by Gasteiger charge is -2.14. The Morgan fingerprint density at radius 1 is 1.53 bits per heavy atom. The van der Waals surface area contributed by atoms with E-state index in [-0.39, 0.29) is 5.56 Å². The average molecular weight is 320 g/mol. The maximum atomic E-state index is 13.7. The van der Waals surface area contributed by atoms with Crippen molar-refractivity contribution < 1.29 is 9.50 Å². The fraction of sp³-hybridized carbons (Fsp3) is 0.182. The first-order chi connectivity index (χ1) is 8.02. The number of halogens is 3.